The molecule has 2 rings (SSSR count). The van der Waals surface area contributed by atoms with Gasteiger partial charge in [0.15, 0.2) is 17.5 Å². The Hall–Kier alpha value is -2.64. The van der Waals surface area contributed by atoms with Gasteiger partial charge in [-0.25, -0.2) is 17.6 Å². The van der Waals surface area contributed by atoms with E-state index < -0.39 is 28.2 Å². The van der Waals surface area contributed by atoms with Crippen molar-refractivity contribution in [2.75, 3.05) is 5.32 Å². The van der Waals surface area contributed by atoms with Crippen molar-refractivity contribution in [2.24, 2.45) is 0 Å². The van der Waals surface area contributed by atoms with Crippen LogP contribution in [-0.4, -0.2) is 4.92 Å². The molecule has 0 atom stereocenters. The van der Waals surface area contributed by atoms with Gasteiger partial charge in [-0.1, -0.05) is 0 Å². The Kier molecular flexibility index (Phi) is 4.06. The second-order valence-corrected chi connectivity index (χ2v) is 4.15. The van der Waals surface area contributed by atoms with Gasteiger partial charge in [-0.05, 0) is 23.8 Å². The Bertz CT molecular complexity index is 684. The number of hydrogen-bond donors (Lipinski definition) is 1. The zero-order valence-electron chi connectivity index (χ0n) is 10.4. The van der Waals surface area contributed by atoms with Crippen LogP contribution < -0.4 is 5.32 Å². The summed E-state index contributed by atoms with van der Waals surface area (Å²) in [5, 5.41) is 13.3. The molecule has 110 valence electrons. The summed E-state index contributed by atoms with van der Waals surface area (Å²) in [6.45, 7) is -0.238. The van der Waals surface area contributed by atoms with Crippen molar-refractivity contribution in [3.63, 3.8) is 0 Å². The summed E-state index contributed by atoms with van der Waals surface area (Å²) in [5.41, 5.74) is -0.519. The van der Waals surface area contributed by atoms with E-state index in [2.05, 4.69) is 5.32 Å². The second kappa shape index (κ2) is 5.78. The van der Waals surface area contributed by atoms with Gasteiger partial charge < -0.3 is 5.32 Å². The van der Waals surface area contributed by atoms with Crippen LogP contribution in [0.15, 0.2) is 30.3 Å². The molecule has 2 aromatic rings. The fraction of sp³-hybridized carbons (Fsp3) is 0.0769. The summed E-state index contributed by atoms with van der Waals surface area (Å²) in [6.07, 6.45) is 0. The number of nitrogens with zero attached hydrogens (tertiary/aromatic N) is 1. The van der Waals surface area contributed by atoms with E-state index in [0.717, 1.165) is 30.3 Å². The summed E-state index contributed by atoms with van der Waals surface area (Å²) in [5.74, 6) is -5.06. The van der Waals surface area contributed by atoms with Gasteiger partial charge in [-0.2, -0.15) is 0 Å². The van der Waals surface area contributed by atoms with Crippen LogP contribution in [0.5, 0.6) is 0 Å². The predicted octanol–water partition coefficient (Wildman–Crippen LogP) is 3.76. The fourth-order valence-electron chi connectivity index (χ4n) is 1.72. The quantitative estimate of drug-likeness (QED) is 0.405. The number of hydrogen-bond acceptors (Lipinski definition) is 3. The van der Waals surface area contributed by atoms with Crippen molar-refractivity contribution >= 4 is 11.4 Å². The maximum absolute atomic E-state index is 13.1. The Balaban J connectivity index is 2.24. The largest absolute Gasteiger partial charge is 0.375 e. The number of halogens is 4. The standard InChI is InChI=1S/C13H8F4N2O2/c14-8-1-2-12(19(20)21)11(5-8)18-6-7-3-9(15)13(17)10(16)4-7/h1-5,18H,6H2. The molecular weight excluding hydrogens is 292 g/mol. The van der Waals surface area contributed by atoms with E-state index in [-0.39, 0.29) is 23.5 Å². The van der Waals surface area contributed by atoms with Crippen LogP contribution in [0, 0.1) is 33.4 Å². The number of nitrogens with one attached hydrogen (secondary N) is 1. The number of anilines is 1. The van der Waals surface area contributed by atoms with Crippen molar-refractivity contribution in [1.29, 1.82) is 0 Å². The molecule has 4 nitrogen and oxygen atoms in total. The first kappa shape index (κ1) is 14.8. The van der Waals surface area contributed by atoms with Crippen LogP contribution >= 0.6 is 0 Å². The highest BCUT2D eigenvalue weighted by Gasteiger charge is 2.15. The zero-order valence-corrected chi connectivity index (χ0v) is 10.4. The zero-order chi connectivity index (χ0) is 15.6. The molecule has 8 heteroatoms. The van der Waals surface area contributed by atoms with Crippen LogP contribution in [0.4, 0.5) is 28.9 Å². The molecule has 0 fully saturated rings. The van der Waals surface area contributed by atoms with Crippen molar-refractivity contribution in [3.8, 4) is 0 Å². The van der Waals surface area contributed by atoms with E-state index in [9.17, 15) is 27.7 Å². The maximum atomic E-state index is 13.1. The van der Waals surface area contributed by atoms with Crippen LogP contribution in [0.25, 0.3) is 0 Å². The van der Waals surface area contributed by atoms with Gasteiger partial charge in [0.1, 0.15) is 11.5 Å². The molecule has 1 N–H and O–H groups in total. The molecule has 0 saturated heterocycles. The maximum Gasteiger partial charge on any atom is 0.292 e. The summed E-state index contributed by atoms with van der Waals surface area (Å²) in [4.78, 5) is 10.0. The number of benzene rings is 2. The molecule has 0 radical (unpaired) electrons. The lowest BCUT2D eigenvalue weighted by Crippen LogP contribution is -2.05. The summed E-state index contributed by atoms with van der Waals surface area (Å²) in [6, 6.07) is 4.26. The van der Waals surface area contributed by atoms with E-state index in [1.165, 1.54) is 0 Å². The van der Waals surface area contributed by atoms with Crippen molar-refractivity contribution in [1.82, 2.24) is 0 Å². The number of rotatable bonds is 4. The van der Waals surface area contributed by atoms with Crippen molar-refractivity contribution < 1.29 is 22.5 Å². The highest BCUT2D eigenvalue weighted by molar-refractivity contribution is 5.61. The minimum Gasteiger partial charge on any atom is -0.375 e. The fourth-order valence-corrected chi connectivity index (χ4v) is 1.72. The first-order valence-corrected chi connectivity index (χ1v) is 5.69. The third-order valence-electron chi connectivity index (χ3n) is 2.68. The van der Waals surface area contributed by atoms with E-state index >= 15 is 0 Å². The molecular formula is C13H8F4N2O2. The molecule has 0 amide bonds. The first-order chi connectivity index (χ1) is 9.88. The molecule has 0 saturated carbocycles. The van der Waals surface area contributed by atoms with Gasteiger partial charge in [-0.15, -0.1) is 0 Å². The van der Waals surface area contributed by atoms with Crippen LogP contribution in [0.3, 0.4) is 0 Å². The van der Waals surface area contributed by atoms with Gasteiger partial charge in [0.25, 0.3) is 5.69 Å². The second-order valence-electron chi connectivity index (χ2n) is 4.15. The van der Waals surface area contributed by atoms with Crippen LogP contribution in [0.2, 0.25) is 0 Å². The average molecular weight is 300 g/mol. The minimum atomic E-state index is -1.60. The van der Waals surface area contributed by atoms with Gasteiger partial charge in [0.2, 0.25) is 0 Å². The Morgan fingerprint density at radius 3 is 2.24 bits per heavy atom. The Morgan fingerprint density at radius 2 is 1.67 bits per heavy atom. The molecule has 0 unspecified atom stereocenters. The highest BCUT2D eigenvalue weighted by atomic mass is 19.2. The molecule has 0 aliphatic rings. The molecule has 0 aliphatic heterocycles. The average Bonchev–Trinajstić information content (AvgIpc) is 2.42. The van der Waals surface area contributed by atoms with Crippen molar-refractivity contribution in [3.05, 3.63) is 69.3 Å². The SMILES string of the molecule is O=[N+]([O-])c1ccc(F)cc1NCc1cc(F)c(F)c(F)c1. The topological polar surface area (TPSA) is 55.2 Å². The minimum absolute atomic E-state index is 0.0185. The molecule has 0 bridgehead atoms. The van der Waals surface area contributed by atoms with Gasteiger partial charge in [0, 0.05) is 18.7 Å². The van der Waals surface area contributed by atoms with Crippen LogP contribution in [0.1, 0.15) is 5.56 Å². The van der Waals surface area contributed by atoms with Crippen LogP contribution in [-0.2, 0) is 6.54 Å². The predicted molar refractivity (Wildman–Crippen MR) is 66.7 cm³/mol. The number of nitro benzene ring substituents is 1. The molecule has 21 heavy (non-hydrogen) atoms. The lowest BCUT2D eigenvalue weighted by atomic mass is 10.2. The van der Waals surface area contributed by atoms with Crippen molar-refractivity contribution in [2.45, 2.75) is 6.54 Å². The monoisotopic (exact) mass is 300 g/mol. The normalized spacial score (nSPS) is 10.5. The van der Waals surface area contributed by atoms with E-state index in [1.807, 2.05) is 0 Å². The smallest absolute Gasteiger partial charge is 0.292 e. The van der Waals surface area contributed by atoms with E-state index in [4.69, 9.17) is 0 Å². The summed E-state index contributed by atoms with van der Waals surface area (Å²) in [7, 11) is 0. The molecule has 2 aromatic carbocycles. The molecule has 0 spiro atoms. The van der Waals surface area contributed by atoms with Gasteiger partial charge in [-0.3, -0.25) is 10.1 Å². The van der Waals surface area contributed by atoms with Gasteiger partial charge >= 0.3 is 0 Å². The number of nitro groups is 1. The Morgan fingerprint density at radius 1 is 1.05 bits per heavy atom. The molecule has 0 aromatic heterocycles. The lowest BCUT2D eigenvalue weighted by molar-refractivity contribution is -0.384. The Labute approximate surface area is 116 Å². The highest BCUT2D eigenvalue weighted by Crippen LogP contribution is 2.25. The van der Waals surface area contributed by atoms with Gasteiger partial charge in [0.05, 0.1) is 4.92 Å². The third kappa shape index (κ3) is 3.28. The van der Waals surface area contributed by atoms with E-state index in [0.29, 0.717) is 0 Å². The molecule has 0 heterocycles. The first-order valence-electron chi connectivity index (χ1n) is 5.69. The summed E-state index contributed by atoms with van der Waals surface area (Å²) >= 11 is 0. The summed E-state index contributed by atoms with van der Waals surface area (Å²) < 4.78 is 51.9. The lowest BCUT2D eigenvalue weighted by Gasteiger charge is -2.08. The van der Waals surface area contributed by atoms with E-state index in [1.54, 1.807) is 0 Å². The molecule has 0 aliphatic carbocycles. The third-order valence-corrected chi connectivity index (χ3v) is 2.68.